The third-order valence-corrected chi connectivity index (χ3v) is 6.89. The maximum atomic E-state index is 12.8. The van der Waals surface area contributed by atoms with Crippen molar-refractivity contribution in [2.24, 2.45) is 0 Å². The Hall–Kier alpha value is -4.88. The van der Waals surface area contributed by atoms with Gasteiger partial charge in [0.1, 0.15) is 22.6 Å². The van der Waals surface area contributed by atoms with Crippen molar-refractivity contribution in [3.63, 3.8) is 0 Å². The summed E-state index contributed by atoms with van der Waals surface area (Å²) < 4.78 is 10.5. The van der Waals surface area contributed by atoms with Crippen molar-refractivity contribution in [1.82, 2.24) is 4.98 Å². The maximum Gasteiger partial charge on any atom is 0.274 e. The van der Waals surface area contributed by atoms with Gasteiger partial charge in [-0.1, -0.05) is 30.0 Å². The summed E-state index contributed by atoms with van der Waals surface area (Å²) in [5.41, 5.74) is 3.97. The molecule has 1 aromatic heterocycles. The van der Waals surface area contributed by atoms with Crippen LogP contribution in [0, 0.1) is 28.4 Å². The van der Waals surface area contributed by atoms with E-state index in [9.17, 15) is 20.2 Å². The number of aromatic nitrogens is 1. The molecule has 1 amide bonds. The summed E-state index contributed by atoms with van der Waals surface area (Å²) in [5.74, 6) is 0.941. The van der Waals surface area contributed by atoms with E-state index in [2.05, 4.69) is 11.4 Å². The lowest BCUT2D eigenvalue weighted by Gasteiger charge is -2.13. The molecule has 9 nitrogen and oxygen atoms in total. The van der Waals surface area contributed by atoms with Crippen molar-refractivity contribution in [2.75, 3.05) is 25.3 Å². The number of hydrogen-bond acceptors (Lipinski definition) is 8. The van der Waals surface area contributed by atoms with Crippen LogP contribution in [0.3, 0.4) is 0 Å². The second-order valence-electron chi connectivity index (χ2n) is 8.40. The van der Waals surface area contributed by atoms with E-state index >= 15 is 0 Å². The normalized spacial score (nSPS) is 10.4. The van der Waals surface area contributed by atoms with Gasteiger partial charge < -0.3 is 14.8 Å². The molecule has 1 heterocycles. The number of nitro benzene ring substituents is 1. The van der Waals surface area contributed by atoms with E-state index in [-0.39, 0.29) is 17.3 Å². The quantitative estimate of drug-likeness (QED) is 0.150. The Kier molecular flexibility index (Phi) is 8.43. The van der Waals surface area contributed by atoms with Crippen molar-refractivity contribution in [3.05, 3.63) is 94.0 Å². The van der Waals surface area contributed by atoms with Gasteiger partial charge in [-0.2, -0.15) is 5.26 Å². The van der Waals surface area contributed by atoms with E-state index < -0.39 is 4.92 Å². The molecule has 0 spiro atoms. The molecule has 3 aromatic carbocycles. The lowest BCUT2D eigenvalue weighted by molar-refractivity contribution is -0.385. The lowest BCUT2D eigenvalue weighted by atomic mass is 9.99. The maximum absolute atomic E-state index is 12.8. The topological polar surface area (TPSA) is 127 Å². The number of rotatable bonds is 9. The predicted molar refractivity (Wildman–Crippen MR) is 150 cm³/mol. The van der Waals surface area contributed by atoms with Gasteiger partial charge >= 0.3 is 0 Å². The SMILES string of the molecule is COc1ccc(-c2cc(-c3ccc(OC)cc3)c(C#N)c(SCC(=O)Nc3ccc(C)c([N+](=O)[O-])c3)n2)cc1. The van der Waals surface area contributed by atoms with E-state index in [4.69, 9.17) is 14.5 Å². The van der Waals surface area contributed by atoms with Crippen LogP contribution >= 0.6 is 11.8 Å². The van der Waals surface area contributed by atoms with Gasteiger partial charge in [0.05, 0.1) is 36.2 Å². The van der Waals surface area contributed by atoms with Crippen molar-refractivity contribution in [2.45, 2.75) is 11.9 Å². The van der Waals surface area contributed by atoms with Crippen LogP contribution in [0.15, 0.2) is 77.8 Å². The average Bonchev–Trinajstić information content (AvgIpc) is 2.96. The minimum atomic E-state index is -0.492. The minimum Gasteiger partial charge on any atom is -0.497 e. The number of ether oxygens (including phenoxy) is 2. The second kappa shape index (κ2) is 12.1. The van der Waals surface area contributed by atoms with Crippen LogP contribution in [0.2, 0.25) is 0 Å². The molecule has 0 saturated carbocycles. The van der Waals surface area contributed by atoms with Gasteiger partial charge in [-0.25, -0.2) is 4.98 Å². The molecule has 0 unspecified atom stereocenters. The number of amides is 1. The summed E-state index contributed by atoms with van der Waals surface area (Å²) in [6.07, 6.45) is 0. The number of nitro groups is 1. The van der Waals surface area contributed by atoms with Crippen LogP contribution in [0.4, 0.5) is 11.4 Å². The standard InChI is InChI=1S/C29H24N4O5S/c1-18-4-9-21(14-27(18)33(35)36)31-28(34)17-39-29-25(16-30)24(19-5-10-22(37-2)11-6-19)15-26(32-29)20-7-12-23(38-3)13-8-20/h4-15H,17H2,1-3H3,(H,31,34). The third-order valence-electron chi connectivity index (χ3n) is 5.91. The highest BCUT2D eigenvalue weighted by molar-refractivity contribution is 8.00. The van der Waals surface area contributed by atoms with Crippen LogP contribution in [0.5, 0.6) is 11.5 Å². The van der Waals surface area contributed by atoms with Crippen LogP contribution in [-0.4, -0.2) is 35.8 Å². The number of carbonyl (C=O) groups excluding carboxylic acids is 1. The van der Waals surface area contributed by atoms with Crippen molar-refractivity contribution < 1.29 is 19.2 Å². The summed E-state index contributed by atoms with van der Waals surface area (Å²) in [7, 11) is 3.17. The Morgan fingerprint density at radius 1 is 1.00 bits per heavy atom. The molecule has 4 rings (SSSR count). The molecule has 0 aliphatic carbocycles. The number of hydrogen-bond donors (Lipinski definition) is 1. The Balaban J connectivity index is 1.67. The highest BCUT2D eigenvalue weighted by Gasteiger charge is 2.18. The number of carbonyl (C=O) groups is 1. The molecule has 0 radical (unpaired) electrons. The first kappa shape index (κ1) is 27.2. The summed E-state index contributed by atoms with van der Waals surface area (Å²) in [4.78, 5) is 28.2. The number of nitrogens with one attached hydrogen (secondary N) is 1. The fourth-order valence-corrected chi connectivity index (χ4v) is 4.66. The first-order valence-corrected chi connectivity index (χ1v) is 12.7. The van der Waals surface area contributed by atoms with E-state index in [1.165, 1.54) is 6.07 Å². The molecule has 0 aliphatic rings. The summed E-state index contributed by atoms with van der Waals surface area (Å²) >= 11 is 1.12. The van der Waals surface area contributed by atoms with Crippen LogP contribution < -0.4 is 14.8 Å². The number of nitriles is 1. The van der Waals surface area contributed by atoms with Gasteiger partial charge in [0, 0.05) is 28.4 Å². The number of thioether (sulfide) groups is 1. The van der Waals surface area contributed by atoms with E-state index in [1.807, 2.05) is 54.6 Å². The van der Waals surface area contributed by atoms with Gasteiger partial charge in [0.2, 0.25) is 5.91 Å². The average molecular weight is 541 g/mol. The van der Waals surface area contributed by atoms with Gasteiger partial charge in [-0.15, -0.1) is 0 Å². The van der Waals surface area contributed by atoms with Crippen LogP contribution in [0.25, 0.3) is 22.4 Å². The van der Waals surface area contributed by atoms with E-state index in [0.717, 1.165) is 22.9 Å². The number of benzene rings is 3. The molecule has 0 fully saturated rings. The molecule has 0 bridgehead atoms. The zero-order valence-corrected chi connectivity index (χ0v) is 22.2. The van der Waals surface area contributed by atoms with Gasteiger partial charge in [-0.3, -0.25) is 14.9 Å². The first-order chi connectivity index (χ1) is 18.8. The number of anilines is 1. The van der Waals surface area contributed by atoms with Crippen molar-refractivity contribution in [1.29, 1.82) is 5.26 Å². The summed E-state index contributed by atoms with van der Waals surface area (Å²) in [6, 6.07) is 23.3. The van der Waals surface area contributed by atoms with Crippen LogP contribution in [0.1, 0.15) is 11.1 Å². The number of aryl methyl sites for hydroxylation is 1. The Bertz CT molecular complexity index is 1560. The molecule has 10 heteroatoms. The zero-order valence-electron chi connectivity index (χ0n) is 21.4. The molecule has 0 saturated heterocycles. The first-order valence-electron chi connectivity index (χ1n) is 11.7. The lowest BCUT2D eigenvalue weighted by Crippen LogP contribution is -2.14. The summed E-state index contributed by atoms with van der Waals surface area (Å²) in [5, 5.41) is 24.4. The predicted octanol–water partition coefficient (Wildman–Crippen LogP) is 6.25. The van der Waals surface area contributed by atoms with E-state index in [1.54, 1.807) is 33.3 Å². The molecular weight excluding hydrogens is 516 g/mol. The van der Waals surface area contributed by atoms with Crippen LogP contribution in [-0.2, 0) is 4.79 Å². The summed E-state index contributed by atoms with van der Waals surface area (Å²) in [6.45, 7) is 1.63. The van der Waals surface area contributed by atoms with E-state index in [0.29, 0.717) is 44.6 Å². The molecule has 1 N–H and O–H groups in total. The smallest absolute Gasteiger partial charge is 0.274 e. The zero-order chi connectivity index (χ0) is 27.9. The fraction of sp³-hybridized carbons (Fsp3) is 0.138. The van der Waals surface area contributed by atoms with Gasteiger partial charge in [-0.05, 0) is 61.0 Å². The Morgan fingerprint density at radius 3 is 2.18 bits per heavy atom. The highest BCUT2D eigenvalue weighted by atomic mass is 32.2. The van der Waals surface area contributed by atoms with Crippen molar-refractivity contribution in [3.8, 4) is 40.0 Å². The monoisotopic (exact) mass is 540 g/mol. The van der Waals surface area contributed by atoms with Crippen molar-refractivity contribution >= 4 is 29.0 Å². The molecule has 0 atom stereocenters. The molecule has 0 aliphatic heterocycles. The molecule has 4 aromatic rings. The molecule has 39 heavy (non-hydrogen) atoms. The number of pyridine rings is 1. The largest absolute Gasteiger partial charge is 0.497 e. The highest BCUT2D eigenvalue weighted by Crippen LogP contribution is 2.35. The number of nitrogens with zero attached hydrogens (tertiary/aromatic N) is 3. The Labute approximate surface area is 229 Å². The van der Waals surface area contributed by atoms with Gasteiger partial charge in [0.15, 0.2) is 0 Å². The minimum absolute atomic E-state index is 0.0581. The molecular formula is C29H24N4O5S. The number of methoxy groups -OCH3 is 2. The third kappa shape index (κ3) is 6.34. The molecule has 196 valence electrons. The Morgan fingerprint density at radius 2 is 1.62 bits per heavy atom. The second-order valence-corrected chi connectivity index (χ2v) is 9.36. The van der Waals surface area contributed by atoms with Gasteiger partial charge in [0.25, 0.3) is 5.69 Å². The fourth-order valence-electron chi connectivity index (χ4n) is 3.86.